The predicted molar refractivity (Wildman–Crippen MR) is 188 cm³/mol. The molecule has 3 aliphatic heterocycles. The lowest BCUT2D eigenvalue weighted by molar-refractivity contribution is -0.132. The number of aryl methyl sites for hydroxylation is 2. The minimum atomic E-state index is -3.93. The SMILES string of the molecule is Cc1nc2ccccc2c2c1OC1(CC2)CC2C(=O)NC3(C(=O)NS(=O)(=O)C4(C)CC4)CC3C=CCCCCCC(NC(=O)OCCF)CN2C1. The number of nitrogens with one attached hydrogen (secondary N) is 3. The third-order valence-corrected chi connectivity index (χ3v) is 13.7. The first-order chi connectivity index (χ1) is 24.4. The first kappa shape index (κ1) is 35.6. The molecule has 2 saturated carbocycles. The normalized spacial score (nSPS) is 30.4. The molecule has 5 aliphatic rings. The Morgan fingerprint density at radius 2 is 1.96 bits per heavy atom. The molecule has 5 unspecified atom stereocenters. The number of nitrogens with zero attached hydrogens (tertiary/aromatic N) is 2. The van der Waals surface area contributed by atoms with Crippen LogP contribution in [0.15, 0.2) is 36.4 Å². The van der Waals surface area contributed by atoms with E-state index in [1.54, 1.807) is 6.92 Å². The Kier molecular flexibility index (Phi) is 9.53. The van der Waals surface area contributed by atoms with E-state index in [0.717, 1.165) is 53.6 Å². The van der Waals surface area contributed by atoms with Crippen molar-refractivity contribution < 1.29 is 36.7 Å². The van der Waals surface area contributed by atoms with Crippen LogP contribution in [0, 0.1) is 12.8 Å². The van der Waals surface area contributed by atoms with Gasteiger partial charge in [-0.2, -0.15) is 0 Å². The molecule has 7 rings (SSSR count). The van der Waals surface area contributed by atoms with Gasteiger partial charge in [0.2, 0.25) is 15.9 Å². The van der Waals surface area contributed by atoms with Gasteiger partial charge < -0.3 is 20.1 Å². The number of halogens is 1. The molecule has 1 spiro atoms. The van der Waals surface area contributed by atoms with E-state index in [1.165, 1.54) is 0 Å². The van der Waals surface area contributed by atoms with E-state index in [-0.39, 0.29) is 18.9 Å². The van der Waals surface area contributed by atoms with E-state index in [0.29, 0.717) is 51.6 Å². The highest BCUT2D eigenvalue weighted by molar-refractivity contribution is 7.91. The largest absolute Gasteiger partial charge is 0.484 e. The van der Waals surface area contributed by atoms with Gasteiger partial charge in [0.25, 0.3) is 5.91 Å². The molecular weight excluding hydrogens is 678 g/mol. The Morgan fingerprint density at radius 3 is 2.75 bits per heavy atom. The smallest absolute Gasteiger partial charge is 0.407 e. The maximum atomic E-state index is 14.5. The number of pyridine rings is 1. The molecule has 12 nitrogen and oxygen atoms in total. The number of hydrogen-bond acceptors (Lipinski definition) is 9. The van der Waals surface area contributed by atoms with Crippen molar-refractivity contribution in [2.45, 2.75) is 112 Å². The highest BCUT2D eigenvalue weighted by atomic mass is 32.2. The number of ether oxygens (including phenoxy) is 2. The van der Waals surface area contributed by atoms with Crippen molar-refractivity contribution in [2.75, 3.05) is 26.4 Å². The standard InChI is InChI=1S/C37H48FN5O7S/c1-24-31-28(27-12-8-9-13-29(27)39-24)14-15-36(50-31)21-30-32(44)41-37(33(45)42-51(47,48)35(2)16-17-35)20-25(37)10-6-4-3-5-7-11-26(22-43(30)23-36)40-34(46)49-19-18-38/h6,8-10,12-13,25-26,30H,3-5,7,11,14-23H2,1-2H3,(H,40,46)(H,41,44)(H,42,45). The molecule has 1 aromatic carbocycles. The molecule has 51 heavy (non-hydrogen) atoms. The highest BCUT2D eigenvalue weighted by Gasteiger charge is 2.63. The van der Waals surface area contributed by atoms with E-state index in [9.17, 15) is 27.2 Å². The summed E-state index contributed by atoms with van der Waals surface area (Å²) in [4.78, 5) is 47.8. The number of carbonyl (C=O) groups is 3. The van der Waals surface area contributed by atoms with Gasteiger partial charge in [-0.3, -0.25) is 19.2 Å². The number of para-hydroxylation sites is 1. The lowest BCUT2D eigenvalue weighted by Crippen LogP contribution is -2.57. The van der Waals surface area contributed by atoms with Gasteiger partial charge >= 0.3 is 6.09 Å². The first-order valence-corrected chi connectivity index (χ1v) is 19.7. The minimum absolute atomic E-state index is 0.289. The number of alkyl carbamates (subject to hydrolysis) is 1. The van der Waals surface area contributed by atoms with Crippen molar-refractivity contribution in [2.24, 2.45) is 5.92 Å². The Balaban J connectivity index is 1.20. The van der Waals surface area contributed by atoms with Crippen LogP contribution in [-0.2, 0) is 30.8 Å². The molecule has 276 valence electrons. The molecule has 2 aliphatic carbocycles. The van der Waals surface area contributed by atoms with Crippen LogP contribution in [0.5, 0.6) is 5.75 Å². The molecule has 0 bridgehead atoms. The van der Waals surface area contributed by atoms with E-state index >= 15 is 0 Å². The second-order valence-corrected chi connectivity index (χ2v) is 17.5. The summed E-state index contributed by atoms with van der Waals surface area (Å²) in [5, 5.41) is 6.97. The molecule has 14 heteroatoms. The van der Waals surface area contributed by atoms with Crippen LogP contribution in [0.1, 0.15) is 82.4 Å². The van der Waals surface area contributed by atoms with Crippen molar-refractivity contribution in [3.05, 3.63) is 47.7 Å². The number of benzene rings is 1. The summed E-state index contributed by atoms with van der Waals surface area (Å²) in [5.41, 5.74) is 0.592. The number of allylic oxidation sites excluding steroid dienone is 1. The van der Waals surface area contributed by atoms with Gasteiger partial charge in [-0.15, -0.1) is 0 Å². The summed E-state index contributed by atoms with van der Waals surface area (Å²) in [6, 6.07) is 6.82. The van der Waals surface area contributed by atoms with E-state index < -0.39 is 62.6 Å². The van der Waals surface area contributed by atoms with Gasteiger partial charge in [0.1, 0.15) is 30.2 Å². The van der Waals surface area contributed by atoms with E-state index in [4.69, 9.17) is 14.5 Å². The summed E-state index contributed by atoms with van der Waals surface area (Å²) in [5.74, 6) is -0.746. The number of rotatable bonds is 6. The first-order valence-electron chi connectivity index (χ1n) is 18.2. The third kappa shape index (κ3) is 7.05. The number of carbonyl (C=O) groups excluding carboxylic acids is 3. The van der Waals surface area contributed by atoms with Crippen LogP contribution in [0.3, 0.4) is 0 Å². The summed E-state index contributed by atoms with van der Waals surface area (Å²) < 4.78 is 52.3. The minimum Gasteiger partial charge on any atom is -0.484 e. The molecule has 1 saturated heterocycles. The molecule has 3 amide bonds. The topological polar surface area (TPSA) is 156 Å². The van der Waals surface area contributed by atoms with Gasteiger partial charge in [0, 0.05) is 42.4 Å². The fraction of sp³-hybridized carbons (Fsp3) is 0.622. The summed E-state index contributed by atoms with van der Waals surface area (Å²) >= 11 is 0. The second-order valence-electron chi connectivity index (χ2n) is 15.3. The summed E-state index contributed by atoms with van der Waals surface area (Å²) in [7, 11) is -3.93. The summed E-state index contributed by atoms with van der Waals surface area (Å²) in [6.07, 6.45) is 10.1. The predicted octanol–water partition coefficient (Wildman–Crippen LogP) is 4.14. The average molecular weight is 726 g/mol. The Hall–Kier alpha value is -3.78. The van der Waals surface area contributed by atoms with Crippen molar-refractivity contribution in [1.29, 1.82) is 0 Å². The Bertz CT molecular complexity index is 1850. The lowest BCUT2D eigenvalue weighted by Gasteiger charge is -2.37. The van der Waals surface area contributed by atoms with Crippen LogP contribution in [0.2, 0.25) is 0 Å². The maximum absolute atomic E-state index is 14.5. The lowest BCUT2D eigenvalue weighted by atomic mass is 9.87. The monoisotopic (exact) mass is 725 g/mol. The van der Waals surface area contributed by atoms with Gasteiger partial charge in [0.15, 0.2) is 0 Å². The number of fused-ring (bicyclic) bond motifs is 5. The Morgan fingerprint density at radius 1 is 1.16 bits per heavy atom. The maximum Gasteiger partial charge on any atom is 0.407 e. The Labute approximate surface area is 298 Å². The molecule has 4 heterocycles. The fourth-order valence-corrected chi connectivity index (χ4v) is 9.43. The van der Waals surface area contributed by atoms with E-state index in [2.05, 4.69) is 15.4 Å². The molecular formula is C37H48FN5O7S. The fourth-order valence-electron chi connectivity index (χ4n) is 8.12. The number of sulfonamides is 1. The van der Waals surface area contributed by atoms with Crippen LogP contribution in [-0.4, -0.2) is 90.6 Å². The molecule has 3 N–H and O–H groups in total. The van der Waals surface area contributed by atoms with E-state index in [1.807, 2.05) is 48.2 Å². The zero-order chi connectivity index (χ0) is 36.0. The third-order valence-electron chi connectivity index (χ3n) is 11.5. The molecule has 0 radical (unpaired) electrons. The van der Waals surface area contributed by atoms with Gasteiger partial charge in [-0.25, -0.2) is 22.6 Å². The van der Waals surface area contributed by atoms with Crippen molar-refractivity contribution in [3.8, 4) is 5.75 Å². The van der Waals surface area contributed by atoms with Gasteiger partial charge in [0.05, 0.1) is 22.0 Å². The number of amides is 3. The van der Waals surface area contributed by atoms with Crippen LogP contribution >= 0.6 is 0 Å². The van der Waals surface area contributed by atoms with Crippen molar-refractivity contribution in [3.63, 3.8) is 0 Å². The molecule has 1 aromatic heterocycles. The number of hydrogen-bond donors (Lipinski definition) is 3. The van der Waals surface area contributed by atoms with Crippen molar-refractivity contribution in [1.82, 2.24) is 25.2 Å². The number of aromatic nitrogens is 1. The van der Waals surface area contributed by atoms with Crippen molar-refractivity contribution >= 4 is 38.8 Å². The zero-order valence-electron chi connectivity index (χ0n) is 29.3. The van der Waals surface area contributed by atoms with Crippen LogP contribution in [0.4, 0.5) is 9.18 Å². The number of alkyl halides is 1. The quantitative estimate of drug-likeness (QED) is 0.373. The molecule has 3 fully saturated rings. The second kappa shape index (κ2) is 13.6. The molecule has 5 atom stereocenters. The van der Waals surface area contributed by atoms with Crippen LogP contribution in [0.25, 0.3) is 10.9 Å². The average Bonchev–Trinajstić information content (AvgIpc) is 3.99. The van der Waals surface area contributed by atoms with Gasteiger partial charge in [-0.1, -0.05) is 43.2 Å². The van der Waals surface area contributed by atoms with Crippen LogP contribution < -0.4 is 20.1 Å². The zero-order valence-corrected chi connectivity index (χ0v) is 30.2. The molecule has 2 aromatic rings. The highest BCUT2D eigenvalue weighted by Crippen LogP contribution is 2.49. The van der Waals surface area contributed by atoms with Gasteiger partial charge in [-0.05, 0) is 71.3 Å². The summed E-state index contributed by atoms with van der Waals surface area (Å²) in [6.45, 7) is 3.08.